The van der Waals surface area contributed by atoms with E-state index >= 15 is 0 Å². The van der Waals surface area contributed by atoms with Crippen molar-refractivity contribution < 1.29 is 14.5 Å². The number of hydrogen-bond donors (Lipinski definition) is 4. The first-order valence-electron chi connectivity index (χ1n) is 8.80. The lowest BCUT2D eigenvalue weighted by Crippen LogP contribution is -2.32. The number of hydrogen-bond acceptors (Lipinski definition) is 8. The number of halogens is 1. The summed E-state index contributed by atoms with van der Waals surface area (Å²) in [5, 5.41) is 12.0. The van der Waals surface area contributed by atoms with Crippen LogP contribution < -0.4 is 21.7 Å². The van der Waals surface area contributed by atoms with Gasteiger partial charge in [-0.05, 0) is 42.8 Å². The second-order valence-electron chi connectivity index (χ2n) is 6.16. The molecule has 0 aliphatic carbocycles. The Labute approximate surface area is 180 Å². The molecule has 158 valence electrons. The van der Waals surface area contributed by atoms with Gasteiger partial charge in [-0.3, -0.25) is 41.4 Å². The van der Waals surface area contributed by atoms with Gasteiger partial charge in [0.25, 0.3) is 11.8 Å². The van der Waals surface area contributed by atoms with Gasteiger partial charge < -0.3 is 0 Å². The van der Waals surface area contributed by atoms with Crippen LogP contribution in [0.1, 0.15) is 26.3 Å². The SMILES string of the molecule is Cc1ccccc1C(=O)NNc1ncnc(NNC(=O)c2ccc(Cl)cc2)c1[N+](=O)[O-]. The van der Waals surface area contributed by atoms with Gasteiger partial charge in [0.15, 0.2) is 0 Å². The lowest BCUT2D eigenvalue weighted by Gasteiger charge is -2.12. The van der Waals surface area contributed by atoms with Crippen molar-refractivity contribution in [3.05, 3.63) is 86.7 Å². The van der Waals surface area contributed by atoms with Crippen LogP contribution in [-0.2, 0) is 0 Å². The summed E-state index contributed by atoms with van der Waals surface area (Å²) in [7, 11) is 0. The second kappa shape index (κ2) is 9.50. The van der Waals surface area contributed by atoms with Crippen LogP contribution in [0.15, 0.2) is 54.9 Å². The molecule has 0 bridgehead atoms. The smallest absolute Gasteiger partial charge is 0.276 e. The number of anilines is 2. The number of carbonyl (C=O) groups excluding carboxylic acids is 2. The van der Waals surface area contributed by atoms with Crippen LogP contribution in [-0.4, -0.2) is 26.7 Å². The molecule has 0 unspecified atom stereocenters. The average molecular weight is 442 g/mol. The molecule has 11 nitrogen and oxygen atoms in total. The van der Waals surface area contributed by atoms with Crippen LogP contribution in [0, 0.1) is 17.0 Å². The molecule has 0 atom stereocenters. The molecule has 2 amide bonds. The molecule has 12 heteroatoms. The maximum absolute atomic E-state index is 12.3. The van der Waals surface area contributed by atoms with Crippen LogP contribution in [0.4, 0.5) is 17.3 Å². The van der Waals surface area contributed by atoms with E-state index in [0.717, 1.165) is 11.9 Å². The summed E-state index contributed by atoms with van der Waals surface area (Å²) in [4.78, 5) is 42.9. The van der Waals surface area contributed by atoms with Crippen molar-refractivity contribution in [2.24, 2.45) is 0 Å². The molecule has 3 aromatic rings. The van der Waals surface area contributed by atoms with E-state index in [1.54, 1.807) is 31.2 Å². The van der Waals surface area contributed by atoms with Gasteiger partial charge in [0.2, 0.25) is 11.6 Å². The van der Waals surface area contributed by atoms with E-state index in [1.165, 1.54) is 24.3 Å². The Morgan fingerprint density at radius 3 is 2.10 bits per heavy atom. The average Bonchev–Trinajstić information content (AvgIpc) is 2.76. The third-order valence-corrected chi connectivity index (χ3v) is 4.34. The Morgan fingerprint density at radius 1 is 0.935 bits per heavy atom. The zero-order valence-corrected chi connectivity index (χ0v) is 16.8. The van der Waals surface area contributed by atoms with Crippen molar-refractivity contribution in [2.75, 3.05) is 10.9 Å². The second-order valence-corrected chi connectivity index (χ2v) is 6.59. The largest absolute Gasteiger partial charge is 0.356 e. The Hall–Kier alpha value is -4.25. The summed E-state index contributed by atoms with van der Waals surface area (Å²) in [5.74, 6) is -1.62. The highest BCUT2D eigenvalue weighted by molar-refractivity contribution is 6.30. The number of carbonyl (C=O) groups is 2. The van der Waals surface area contributed by atoms with Crippen molar-refractivity contribution in [1.29, 1.82) is 0 Å². The molecule has 0 aliphatic heterocycles. The monoisotopic (exact) mass is 441 g/mol. The highest BCUT2D eigenvalue weighted by Gasteiger charge is 2.24. The Morgan fingerprint density at radius 2 is 1.52 bits per heavy atom. The molecule has 0 saturated heterocycles. The van der Waals surface area contributed by atoms with Gasteiger partial charge in [0.1, 0.15) is 6.33 Å². The summed E-state index contributed by atoms with van der Waals surface area (Å²) in [6.07, 6.45) is 1.03. The third-order valence-electron chi connectivity index (χ3n) is 4.09. The lowest BCUT2D eigenvalue weighted by molar-refractivity contribution is -0.383. The fraction of sp³-hybridized carbons (Fsp3) is 0.0526. The van der Waals surface area contributed by atoms with Crippen molar-refractivity contribution in [2.45, 2.75) is 6.92 Å². The van der Waals surface area contributed by atoms with E-state index in [0.29, 0.717) is 10.6 Å². The van der Waals surface area contributed by atoms with Gasteiger partial charge in [0, 0.05) is 16.1 Å². The van der Waals surface area contributed by atoms with E-state index in [4.69, 9.17) is 11.6 Å². The zero-order valence-electron chi connectivity index (χ0n) is 16.0. The fourth-order valence-electron chi connectivity index (χ4n) is 2.54. The maximum atomic E-state index is 12.3. The van der Waals surface area contributed by atoms with Gasteiger partial charge in [0.05, 0.1) is 4.92 Å². The molecule has 0 aliphatic rings. The van der Waals surface area contributed by atoms with E-state index in [1.807, 2.05) is 0 Å². The minimum absolute atomic E-state index is 0.273. The zero-order chi connectivity index (χ0) is 22.4. The number of amides is 2. The van der Waals surface area contributed by atoms with Crippen molar-refractivity contribution >= 4 is 40.7 Å². The van der Waals surface area contributed by atoms with Crippen molar-refractivity contribution in [1.82, 2.24) is 20.8 Å². The molecule has 4 N–H and O–H groups in total. The minimum atomic E-state index is -0.751. The minimum Gasteiger partial charge on any atom is -0.276 e. The van der Waals surface area contributed by atoms with E-state index < -0.39 is 22.4 Å². The summed E-state index contributed by atoms with van der Waals surface area (Å²) in [6, 6.07) is 12.9. The van der Waals surface area contributed by atoms with Crippen molar-refractivity contribution in [3.8, 4) is 0 Å². The standard InChI is InChI=1S/C19H16ClN7O4/c1-11-4-2-3-5-14(11)19(29)26-24-17-15(27(30)31)16(21-10-22-17)23-25-18(28)12-6-8-13(20)9-7-12/h2-10H,1H3,(H,25,28)(H,26,29)(H2,21,22,23,24). The first-order chi connectivity index (χ1) is 14.9. The predicted octanol–water partition coefficient (Wildman–Crippen LogP) is 2.86. The van der Waals surface area contributed by atoms with Gasteiger partial charge in [-0.25, -0.2) is 9.97 Å². The molecule has 3 rings (SSSR count). The Bertz CT molecular complexity index is 1140. The molecule has 0 saturated carbocycles. The number of nitro groups is 1. The first kappa shape index (κ1) is 21.5. The number of aryl methyl sites for hydroxylation is 1. The number of rotatable bonds is 7. The van der Waals surface area contributed by atoms with E-state index in [-0.39, 0.29) is 17.2 Å². The number of nitrogens with zero attached hydrogens (tertiary/aromatic N) is 3. The van der Waals surface area contributed by atoms with Gasteiger partial charge in [-0.15, -0.1) is 0 Å². The van der Waals surface area contributed by atoms with Gasteiger partial charge in [-0.2, -0.15) is 0 Å². The quantitative estimate of drug-likeness (QED) is 0.322. The summed E-state index contributed by atoms with van der Waals surface area (Å²) >= 11 is 5.79. The first-order valence-corrected chi connectivity index (χ1v) is 9.18. The third kappa shape index (κ3) is 5.22. The molecule has 0 fully saturated rings. The van der Waals surface area contributed by atoms with Gasteiger partial charge in [-0.1, -0.05) is 29.8 Å². The summed E-state index contributed by atoms with van der Waals surface area (Å²) in [6.45, 7) is 1.76. The lowest BCUT2D eigenvalue weighted by atomic mass is 10.1. The fourth-order valence-corrected chi connectivity index (χ4v) is 2.66. The van der Waals surface area contributed by atoms with Crippen LogP contribution in [0.25, 0.3) is 0 Å². The summed E-state index contributed by atoms with van der Waals surface area (Å²) < 4.78 is 0. The molecule has 2 aromatic carbocycles. The van der Waals surface area contributed by atoms with Crippen LogP contribution in [0.5, 0.6) is 0 Å². The number of aromatic nitrogens is 2. The Kier molecular flexibility index (Phi) is 6.58. The topological polar surface area (TPSA) is 151 Å². The van der Waals surface area contributed by atoms with Crippen LogP contribution in [0.2, 0.25) is 5.02 Å². The van der Waals surface area contributed by atoms with E-state index in [2.05, 4.69) is 31.7 Å². The molecule has 0 spiro atoms. The number of hydrazine groups is 2. The molecule has 31 heavy (non-hydrogen) atoms. The molecular weight excluding hydrogens is 426 g/mol. The Balaban J connectivity index is 1.74. The molecule has 0 radical (unpaired) electrons. The molecular formula is C19H16ClN7O4. The summed E-state index contributed by atoms with van der Waals surface area (Å²) in [5.41, 5.74) is 10.3. The number of benzene rings is 2. The molecule has 1 aromatic heterocycles. The van der Waals surface area contributed by atoms with Crippen molar-refractivity contribution in [3.63, 3.8) is 0 Å². The predicted molar refractivity (Wildman–Crippen MR) is 113 cm³/mol. The van der Waals surface area contributed by atoms with Crippen LogP contribution >= 0.6 is 11.6 Å². The highest BCUT2D eigenvalue weighted by atomic mass is 35.5. The van der Waals surface area contributed by atoms with Gasteiger partial charge >= 0.3 is 5.69 Å². The van der Waals surface area contributed by atoms with E-state index in [9.17, 15) is 19.7 Å². The highest BCUT2D eigenvalue weighted by Crippen LogP contribution is 2.27. The maximum Gasteiger partial charge on any atom is 0.356 e. The molecule has 1 heterocycles. The van der Waals surface area contributed by atoms with Crippen LogP contribution in [0.3, 0.4) is 0 Å². The normalized spacial score (nSPS) is 10.1. The number of nitrogens with one attached hydrogen (secondary N) is 4.